The SMILES string of the molecule is Cc1nc(S(=O)(=O)NC2c3ccccc3CC2O)cn1C. The molecule has 7 heteroatoms. The van der Waals surface area contributed by atoms with Crippen LogP contribution in [0.2, 0.25) is 0 Å². The van der Waals surface area contributed by atoms with Gasteiger partial charge in [-0.05, 0) is 18.1 Å². The van der Waals surface area contributed by atoms with E-state index in [2.05, 4.69) is 9.71 Å². The van der Waals surface area contributed by atoms with Crippen molar-refractivity contribution < 1.29 is 13.5 Å². The zero-order valence-electron chi connectivity index (χ0n) is 11.8. The van der Waals surface area contributed by atoms with Crippen molar-refractivity contribution in [2.24, 2.45) is 7.05 Å². The van der Waals surface area contributed by atoms with Crippen LogP contribution in [0.4, 0.5) is 0 Å². The number of sulfonamides is 1. The molecule has 0 aliphatic heterocycles. The first-order valence-corrected chi connectivity index (χ1v) is 8.15. The Kier molecular flexibility index (Phi) is 3.35. The lowest BCUT2D eigenvalue weighted by atomic mass is 10.1. The number of aliphatic hydroxyl groups is 1. The molecule has 6 nitrogen and oxygen atoms in total. The van der Waals surface area contributed by atoms with Crippen molar-refractivity contribution >= 4 is 10.0 Å². The van der Waals surface area contributed by atoms with Crippen LogP contribution in [0.25, 0.3) is 0 Å². The second-order valence-electron chi connectivity index (χ2n) is 5.31. The third-order valence-electron chi connectivity index (χ3n) is 3.85. The standard InChI is InChI=1S/C14H17N3O3S/c1-9-15-13(8-17(9)2)21(19,20)16-14-11-6-4-3-5-10(11)7-12(14)18/h3-6,8,12,14,16,18H,7H2,1-2H3. The van der Waals surface area contributed by atoms with Crippen LogP contribution in [0.15, 0.2) is 35.5 Å². The molecule has 2 aromatic rings. The lowest BCUT2D eigenvalue weighted by molar-refractivity contribution is 0.151. The van der Waals surface area contributed by atoms with Crippen molar-refractivity contribution in [2.45, 2.75) is 30.5 Å². The zero-order valence-corrected chi connectivity index (χ0v) is 12.6. The fourth-order valence-corrected chi connectivity index (χ4v) is 3.89. The summed E-state index contributed by atoms with van der Waals surface area (Å²) >= 11 is 0. The van der Waals surface area contributed by atoms with Crippen molar-refractivity contribution in [1.29, 1.82) is 0 Å². The molecule has 112 valence electrons. The summed E-state index contributed by atoms with van der Waals surface area (Å²) in [5.41, 5.74) is 1.79. The maximum Gasteiger partial charge on any atom is 0.260 e. The van der Waals surface area contributed by atoms with E-state index in [0.29, 0.717) is 12.2 Å². The minimum absolute atomic E-state index is 0.0286. The minimum atomic E-state index is -3.76. The molecule has 0 saturated heterocycles. The van der Waals surface area contributed by atoms with Gasteiger partial charge in [0.15, 0.2) is 5.03 Å². The molecule has 3 rings (SSSR count). The second-order valence-corrected chi connectivity index (χ2v) is 6.97. The molecule has 0 amide bonds. The van der Waals surface area contributed by atoms with E-state index in [1.807, 2.05) is 24.3 Å². The molecule has 1 aromatic carbocycles. The summed E-state index contributed by atoms with van der Waals surface area (Å²) in [6, 6.07) is 6.82. The van der Waals surface area contributed by atoms with Crippen LogP contribution in [-0.2, 0) is 23.5 Å². The normalized spacial score (nSPS) is 21.5. The smallest absolute Gasteiger partial charge is 0.260 e. The maximum absolute atomic E-state index is 12.4. The quantitative estimate of drug-likeness (QED) is 0.873. The Hall–Kier alpha value is -1.70. The van der Waals surface area contributed by atoms with Gasteiger partial charge in [-0.3, -0.25) is 0 Å². The maximum atomic E-state index is 12.4. The van der Waals surface area contributed by atoms with E-state index in [0.717, 1.165) is 11.1 Å². The molecule has 0 saturated carbocycles. The second kappa shape index (κ2) is 4.94. The van der Waals surface area contributed by atoms with E-state index in [1.165, 1.54) is 6.20 Å². The molecule has 1 aliphatic rings. The first kappa shape index (κ1) is 14.2. The van der Waals surface area contributed by atoms with Crippen molar-refractivity contribution in [3.63, 3.8) is 0 Å². The fourth-order valence-electron chi connectivity index (χ4n) is 2.60. The van der Waals surface area contributed by atoms with Gasteiger partial charge in [0, 0.05) is 19.7 Å². The summed E-state index contributed by atoms with van der Waals surface area (Å²) in [5.74, 6) is 0.614. The molecule has 0 radical (unpaired) electrons. The molecular formula is C14H17N3O3S. The van der Waals surface area contributed by atoms with E-state index in [4.69, 9.17) is 0 Å². The summed E-state index contributed by atoms with van der Waals surface area (Å²) in [6.07, 6.45) is 1.15. The Morgan fingerprint density at radius 1 is 1.38 bits per heavy atom. The number of fused-ring (bicyclic) bond motifs is 1. The highest BCUT2D eigenvalue weighted by Crippen LogP contribution is 2.32. The zero-order chi connectivity index (χ0) is 15.2. The predicted octanol–water partition coefficient (Wildman–Crippen LogP) is 0.665. The Bertz CT molecular complexity index is 763. The van der Waals surface area contributed by atoms with Crippen molar-refractivity contribution in [3.05, 3.63) is 47.4 Å². The van der Waals surface area contributed by atoms with Gasteiger partial charge < -0.3 is 9.67 Å². The van der Waals surface area contributed by atoms with Crippen molar-refractivity contribution in [1.82, 2.24) is 14.3 Å². The van der Waals surface area contributed by atoms with E-state index in [-0.39, 0.29) is 5.03 Å². The lowest BCUT2D eigenvalue weighted by Gasteiger charge is -2.17. The van der Waals surface area contributed by atoms with Crippen LogP contribution in [0.3, 0.4) is 0 Å². The molecule has 1 aromatic heterocycles. The van der Waals surface area contributed by atoms with Gasteiger partial charge >= 0.3 is 0 Å². The first-order valence-electron chi connectivity index (χ1n) is 6.66. The summed E-state index contributed by atoms with van der Waals surface area (Å²) < 4.78 is 29.0. The van der Waals surface area contributed by atoms with E-state index in [9.17, 15) is 13.5 Å². The Morgan fingerprint density at radius 3 is 2.76 bits per heavy atom. The average Bonchev–Trinajstić information content (AvgIpc) is 2.92. The molecule has 1 aliphatic carbocycles. The summed E-state index contributed by atoms with van der Waals surface area (Å²) in [7, 11) is -2.03. The van der Waals surface area contributed by atoms with Gasteiger partial charge in [-0.2, -0.15) is 4.72 Å². The number of aromatic nitrogens is 2. The number of aliphatic hydroxyl groups excluding tert-OH is 1. The predicted molar refractivity (Wildman–Crippen MR) is 77.2 cm³/mol. The van der Waals surface area contributed by atoms with Gasteiger partial charge in [0.25, 0.3) is 10.0 Å². The van der Waals surface area contributed by atoms with Crippen LogP contribution in [-0.4, -0.2) is 29.2 Å². The van der Waals surface area contributed by atoms with Crippen molar-refractivity contribution in [3.8, 4) is 0 Å². The lowest BCUT2D eigenvalue weighted by Crippen LogP contribution is -2.34. The molecule has 0 spiro atoms. The van der Waals surface area contributed by atoms with Crippen LogP contribution >= 0.6 is 0 Å². The van der Waals surface area contributed by atoms with Gasteiger partial charge in [0.1, 0.15) is 5.82 Å². The number of nitrogens with zero attached hydrogens (tertiary/aromatic N) is 2. The minimum Gasteiger partial charge on any atom is -0.391 e. The molecular weight excluding hydrogens is 290 g/mol. The summed E-state index contributed by atoms with van der Waals surface area (Å²) in [5, 5.41) is 10.1. The van der Waals surface area contributed by atoms with E-state index >= 15 is 0 Å². The highest BCUT2D eigenvalue weighted by Gasteiger charge is 2.35. The van der Waals surface area contributed by atoms with Crippen LogP contribution in [0.5, 0.6) is 0 Å². The Morgan fingerprint density at radius 2 is 2.10 bits per heavy atom. The summed E-state index contributed by atoms with van der Waals surface area (Å²) in [6.45, 7) is 1.73. The number of aryl methyl sites for hydroxylation is 2. The largest absolute Gasteiger partial charge is 0.391 e. The average molecular weight is 307 g/mol. The fraction of sp³-hybridized carbons (Fsp3) is 0.357. The van der Waals surface area contributed by atoms with Gasteiger partial charge in [0.05, 0.1) is 12.1 Å². The van der Waals surface area contributed by atoms with Gasteiger partial charge in [-0.1, -0.05) is 24.3 Å². The number of rotatable bonds is 3. The monoisotopic (exact) mass is 307 g/mol. The Labute approximate surface area is 123 Å². The number of imidazole rings is 1. The number of hydrogen-bond donors (Lipinski definition) is 2. The third-order valence-corrected chi connectivity index (χ3v) is 5.16. The van der Waals surface area contributed by atoms with Gasteiger partial charge in [-0.15, -0.1) is 0 Å². The van der Waals surface area contributed by atoms with Crippen LogP contribution < -0.4 is 4.72 Å². The van der Waals surface area contributed by atoms with E-state index < -0.39 is 22.2 Å². The highest BCUT2D eigenvalue weighted by molar-refractivity contribution is 7.89. The Balaban J connectivity index is 1.93. The molecule has 1 heterocycles. The first-order chi connectivity index (χ1) is 9.88. The van der Waals surface area contributed by atoms with Gasteiger partial charge in [0.2, 0.25) is 0 Å². The number of benzene rings is 1. The molecule has 0 bridgehead atoms. The number of nitrogens with one attached hydrogen (secondary N) is 1. The van der Waals surface area contributed by atoms with Crippen molar-refractivity contribution in [2.75, 3.05) is 0 Å². The number of hydrogen-bond acceptors (Lipinski definition) is 4. The molecule has 21 heavy (non-hydrogen) atoms. The third kappa shape index (κ3) is 2.48. The van der Waals surface area contributed by atoms with E-state index in [1.54, 1.807) is 18.5 Å². The van der Waals surface area contributed by atoms with Crippen LogP contribution in [0, 0.1) is 6.92 Å². The van der Waals surface area contributed by atoms with Crippen LogP contribution in [0.1, 0.15) is 23.0 Å². The summed E-state index contributed by atoms with van der Waals surface area (Å²) in [4.78, 5) is 4.04. The molecule has 2 unspecified atom stereocenters. The topological polar surface area (TPSA) is 84.2 Å². The molecule has 2 N–H and O–H groups in total. The molecule has 2 atom stereocenters. The highest BCUT2D eigenvalue weighted by atomic mass is 32.2. The molecule has 0 fully saturated rings. The van der Waals surface area contributed by atoms with Gasteiger partial charge in [-0.25, -0.2) is 13.4 Å².